The van der Waals surface area contributed by atoms with Crippen molar-refractivity contribution in [2.45, 2.75) is 61.8 Å². The van der Waals surface area contributed by atoms with Gasteiger partial charge in [-0.1, -0.05) is 87.5 Å². The summed E-state index contributed by atoms with van der Waals surface area (Å²) in [5.74, 6) is 0.294. The first-order valence-corrected chi connectivity index (χ1v) is 16.3. The van der Waals surface area contributed by atoms with Gasteiger partial charge < -0.3 is 9.74 Å². The van der Waals surface area contributed by atoms with E-state index in [0.717, 1.165) is 30.5 Å². The number of fused-ring (bicyclic) bond motifs is 1. The fourth-order valence-electron chi connectivity index (χ4n) is 6.12. The molecule has 1 N–H and O–H groups in total. The number of rotatable bonds is 7. The second kappa shape index (κ2) is 9.25. The summed E-state index contributed by atoms with van der Waals surface area (Å²) in [6, 6.07) is 26.8. The molecule has 0 bridgehead atoms. The molecule has 0 spiro atoms. The molecular weight excluding hydrogens is 482 g/mol. The third-order valence-electron chi connectivity index (χ3n) is 8.29. The molecule has 0 radical (unpaired) electrons. The van der Waals surface area contributed by atoms with Gasteiger partial charge in [-0.2, -0.15) is 0 Å². The van der Waals surface area contributed by atoms with Gasteiger partial charge in [0.15, 0.2) is 9.84 Å². The van der Waals surface area contributed by atoms with Crippen LogP contribution >= 0.6 is 0 Å². The maximum absolute atomic E-state index is 13.6. The van der Waals surface area contributed by atoms with E-state index in [-0.39, 0.29) is 5.04 Å². The van der Waals surface area contributed by atoms with E-state index in [0.29, 0.717) is 24.0 Å². The normalized spacial score (nSPS) is 22.2. The summed E-state index contributed by atoms with van der Waals surface area (Å²) < 4.78 is 33.6. The molecule has 190 valence electrons. The van der Waals surface area contributed by atoms with Gasteiger partial charge in [0.2, 0.25) is 0 Å². The van der Waals surface area contributed by atoms with Crippen molar-refractivity contribution < 1.29 is 12.8 Å². The first-order chi connectivity index (χ1) is 17.1. The van der Waals surface area contributed by atoms with Crippen LogP contribution in [0.3, 0.4) is 0 Å². The van der Waals surface area contributed by atoms with Crippen molar-refractivity contribution in [2.75, 3.05) is 13.1 Å². The molecule has 1 aliphatic carbocycles. The number of hydrogen-bond acceptors (Lipinski definition) is 4. The zero-order valence-corrected chi connectivity index (χ0v) is 23.6. The van der Waals surface area contributed by atoms with E-state index in [1.165, 1.54) is 10.4 Å². The summed E-state index contributed by atoms with van der Waals surface area (Å²) in [5, 5.41) is 5.68. The van der Waals surface area contributed by atoms with E-state index in [1.54, 1.807) is 6.07 Å². The van der Waals surface area contributed by atoms with Gasteiger partial charge in [-0.15, -0.1) is 0 Å². The van der Waals surface area contributed by atoms with Gasteiger partial charge >= 0.3 is 0 Å². The Bertz CT molecular complexity index is 1300. The molecule has 3 aromatic carbocycles. The molecule has 36 heavy (non-hydrogen) atoms. The van der Waals surface area contributed by atoms with Gasteiger partial charge in [0, 0.05) is 6.54 Å². The van der Waals surface area contributed by atoms with E-state index in [4.69, 9.17) is 4.43 Å². The molecule has 2 fully saturated rings. The predicted molar refractivity (Wildman–Crippen MR) is 149 cm³/mol. The lowest BCUT2D eigenvalue weighted by Gasteiger charge is -2.43. The van der Waals surface area contributed by atoms with E-state index < -0.39 is 22.9 Å². The van der Waals surface area contributed by atoms with Crippen molar-refractivity contribution in [3.8, 4) is 0 Å². The lowest BCUT2D eigenvalue weighted by Crippen LogP contribution is -2.66. The topological polar surface area (TPSA) is 55.4 Å². The zero-order chi connectivity index (χ0) is 25.6. The zero-order valence-electron chi connectivity index (χ0n) is 21.8. The molecule has 1 heterocycles. The average Bonchev–Trinajstić information content (AvgIpc) is 3.63. The average molecular weight is 520 g/mol. The number of aryl methyl sites for hydroxylation is 1. The molecule has 2 aliphatic rings. The first-order valence-electron chi connectivity index (χ1n) is 12.9. The summed E-state index contributed by atoms with van der Waals surface area (Å²) in [4.78, 5) is 0.445. The molecule has 1 saturated heterocycles. The van der Waals surface area contributed by atoms with E-state index in [2.05, 4.69) is 74.6 Å². The van der Waals surface area contributed by atoms with Crippen LogP contribution in [0.4, 0.5) is 0 Å². The third kappa shape index (κ3) is 4.08. The monoisotopic (exact) mass is 519 g/mol. The molecule has 0 amide bonds. The van der Waals surface area contributed by atoms with Gasteiger partial charge in [-0.05, 0) is 70.9 Å². The quantitative estimate of drug-likeness (QED) is 0.464. The van der Waals surface area contributed by atoms with Crippen molar-refractivity contribution in [3.05, 3.63) is 90.0 Å². The fraction of sp³-hybridized carbons (Fsp3) is 0.400. The Kier molecular flexibility index (Phi) is 6.52. The van der Waals surface area contributed by atoms with Crippen molar-refractivity contribution in [3.63, 3.8) is 0 Å². The maximum atomic E-state index is 13.6. The van der Waals surface area contributed by atoms with Crippen LogP contribution in [0.2, 0.25) is 5.04 Å². The van der Waals surface area contributed by atoms with Crippen molar-refractivity contribution in [2.24, 2.45) is 5.92 Å². The van der Waals surface area contributed by atoms with Crippen molar-refractivity contribution in [1.82, 2.24) is 5.32 Å². The molecule has 4 nitrogen and oxygen atoms in total. The number of sulfone groups is 1. The molecule has 2 unspecified atom stereocenters. The molecule has 5 rings (SSSR count). The number of benzene rings is 3. The number of nitrogens with one attached hydrogen (secondary N) is 1. The Hall–Kier alpha value is -2.25. The Labute approximate surface area is 217 Å². The molecule has 3 aromatic rings. The van der Waals surface area contributed by atoms with Crippen LogP contribution in [0.5, 0.6) is 0 Å². The van der Waals surface area contributed by atoms with Crippen molar-refractivity contribution >= 4 is 28.5 Å². The minimum absolute atomic E-state index is 0.110. The fourth-order valence-corrected chi connectivity index (χ4v) is 13.0. The highest BCUT2D eigenvalue weighted by Crippen LogP contribution is 2.55. The third-order valence-corrected chi connectivity index (χ3v) is 15.9. The molecule has 0 aromatic heterocycles. The summed E-state index contributed by atoms with van der Waals surface area (Å²) in [6.45, 7) is 10.7. The molecule has 1 saturated carbocycles. The Morgan fingerprint density at radius 1 is 0.972 bits per heavy atom. The Morgan fingerprint density at radius 3 is 2.11 bits per heavy atom. The van der Waals surface area contributed by atoms with Crippen LogP contribution < -0.4 is 15.7 Å². The van der Waals surface area contributed by atoms with Gasteiger partial charge in [0.1, 0.15) is 0 Å². The first kappa shape index (κ1) is 25.4. The second-order valence-electron chi connectivity index (χ2n) is 11.5. The summed E-state index contributed by atoms with van der Waals surface area (Å²) >= 11 is 0. The predicted octanol–water partition coefficient (Wildman–Crippen LogP) is 4.60. The molecule has 1 aliphatic heterocycles. The van der Waals surface area contributed by atoms with Crippen LogP contribution in [0.1, 0.15) is 44.7 Å². The number of piperidine rings is 1. The van der Waals surface area contributed by atoms with Gasteiger partial charge in [0.05, 0.1) is 16.2 Å². The standard InChI is InChI=1S/C30H37NO3SSi/c1-23-19-26(35(32,33)30-20-25(30)17-18-31-22-30)16-15-24(23)21-34-36(29(2,3)4,27-11-7-5-8-12-27)28-13-9-6-10-14-28/h5-16,19,25,31H,17-18,20-22H2,1-4H3. The lowest BCUT2D eigenvalue weighted by molar-refractivity contribution is 0.285. The minimum atomic E-state index is -3.37. The SMILES string of the molecule is Cc1cc(S(=O)(=O)C23CNCCC2C3)ccc1CO[Si](c1ccccc1)(c1ccccc1)C(C)(C)C. The van der Waals surface area contributed by atoms with Crippen LogP contribution in [0.25, 0.3) is 0 Å². The summed E-state index contributed by atoms with van der Waals surface area (Å²) in [6.07, 6.45) is 1.72. The molecular formula is C30H37NO3SSi. The van der Waals surface area contributed by atoms with Crippen LogP contribution in [-0.4, -0.2) is 34.6 Å². The number of hydrogen-bond donors (Lipinski definition) is 1. The molecule has 6 heteroatoms. The second-order valence-corrected chi connectivity index (χ2v) is 18.1. The smallest absolute Gasteiger partial charge is 0.261 e. The van der Waals surface area contributed by atoms with Crippen LogP contribution in [0.15, 0.2) is 83.8 Å². The maximum Gasteiger partial charge on any atom is 0.261 e. The van der Waals surface area contributed by atoms with E-state index >= 15 is 0 Å². The largest absolute Gasteiger partial charge is 0.403 e. The summed E-state index contributed by atoms with van der Waals surface area (Å²) in [5.41, 5.74) is 2.00. The molecule has 2 atom stereocenters. The van der Waals surface area contributed by atoms with E-state index in [9.17, 15) is 8.42 Å². The highest BCUT2D eigenvalue weighted by molar-refractivity contribution is 7.93. The van der Waals surface area contributed by atoms with E-state index in [1.807, 2.05) is 31.2 Å². The highest BCUT2D eigenvalue weighted by atomic mass is 32.2. The minimum Gasteiger partial charge on any atom is -0.403 e. The van der Waals surface area contributed by atoms with Gasteiger partial charge in [0.25, 0.3) is 8.32 Å². The Balaban J connectivity index is 1.48. The van der Waals surface area contributed by atoms with Gasteiger partial charge in [-0.25, -0.2) is 8.42 Å². The van der Waals surface area contributed by atoms with Crippen LogP contribution in [0, 0.1) is 12.8 Å². The van der Waals surface area contributed by atoms with Crippen LogP contribution in [-0.2, 0) is 20.9 Å². The Morgan fingerprint density at radius 2 is 1.58 bits per heavy atom. The lowest BCUT2D eigenvalue weighted by atomic mass is 10.1. The van der Waals surface area contributed by atoms with Crippen molar-refractivity contribution in [1.29, 1.82) is 0 Å². The van der Waals surface area contributed by atoms with Gasteiger partial charge in [-0.3, -0.25) is 0 Å². The summed E-state index contributed by atoms with van der Waals surface area (Å²) in [7, 11) is -6.04. The highest BCUT2D eigenvalue weighted by Gasteiger charge is 2.64.